The van der Waals surface area contributed by atoms with E-state index in [0.717, 1.165) is 41.1 Å². The SMILES string of the molecule is C[C@H](Nc1nc(OCc2ccccc2)nc2c1N=CCC2)C1=CC2=CC=CC(Cl)C2C(=O)N1c1ccccc1. The van der Waals surface area contributed by atoms with Crippen LogP contribution in [0.15, 0.2) is 101 Å². The van der Waals surface area contributed by atoms with E-state index in [1.807, 2.05) is 92.0 Å². The number of benzene rings is 2. The van der Waals surface area contributed by atoms with Gasteiger partial charge in [-0.2, -0.15) is 9.97 Å². The molecule has 3 atom stereocenters. The van der Waals surface area contributed by atoms with Gasteiger partial charge in [0.1, 0.15) is 12.3 Å². The number of rotatable bonds is 7. The summed E-state index contributed by atoms with van der Waals surface area (Å²) < 4.78 is 5.99. The molecule has 0 bridgehead atoms. The lowest BCUT2D eigenvalue weighted by Gasteiger charge is -2.39. The number of aliphatic imine (C=N–C) groups is 1. The van der Waals surface area contributed by atoms with Crippen LogP contribution in [-0.2, 0) is 17.8 Å². The predicted molar refractivity (Wildman–Crippen MR) is 155 cm³/mol. The Hall–Kier alpha value is -4.23. The van der Waals surface area contributed by atoms with E-state index in [4.69, 9.17) is 21.3 Å². The van der Waals surface area contributed by atoms with Crippen molar-refractivity contribution in [3.8, 4) is 6.01 Å². The summed E-state index contributed by atoms with van der Waals surface area (Å²) in [6, 6.07) is 19.6. The molecule has 0 radical (unpaired) electrons. The Morgan fingerprint density at radius 3 is 2.67 bits per heavy atom. The average molecular weight is 538 g/mol. The quantitative estimate of drug-likeness (QED) is 0.365. The minimum absolute atomic E-state index is 0.0578. The lowest BCUT2D eigenvalue weighted by molar-refractivity contribution is -0.120. The van der Waals surface area contributed by atoms with Crippen molar-refractivity contribution in [2.45, 2.75) is 37.8 Å². The molecule has 196 valence electrons. The molecule has 1 aliphatic carbocycles. The van der Waals surface area contributed by atoms with Crippen LogP contribution in [0, 0.1) is 5.92 Å². The molecule has 6 rings (SSSR count). The van der Waals surface area contributed by atoms with Crippen LogP contribution in [-0.4, -0.2) is 33.5 Å². The average Bonchev–Trinajstić information content (AvgIpc) is 2.97. The van der Waals surface area contributed by atoms with Crippen molar-refractivity contribution >= 4 is 40.9 Å². The number of aryl methyl sites for hydroxylation is 1. The number of carbonyl (C=O) groups excluding carboxylic acids is 1. The minimum atomic E-state index is -0.442. The Labute approximate surface area is 232 Å². The number of nitrogens with zero attached hydrogens (tertiary/aromatic N) is 4. The molecule has 1 N–H and O–H groups in total. The van der Waals surface area contributed by atoms with Gasteiger partial charge in [0.15, 0.2) is 5.82 Å². The molecular formula is C31H28ClN5O2. The lowest BCUT2D eigenvalue weighted by atomic mass is 9.85. The van der Waals surface area contributed by atoms with Crippen LogP contribution in [0.4, 0.5) is 17.2 Å². The Balaban J connectivity index is 1.35. The van der Waals surface area contributed by atoms with Crippen molar-refractivity contribution in [3.05, 3.63) is 107 Å². The van der Waals surface area contributed by atoms with Crippen molar-refractivity contribution < 1.29 is 9.53 Å². The summed E-state index contributed by atoms with van der Waals surface area (Å²) >= 11 is 6.60. The van der Waals surface area contributed by atoms with Gasteiger partial charge in [0.2, 0.25) is 5.91 Å². The topological polar surface area (TPSA) is 79.7 Å². The molecule has 0 spiro atoms. The van der Waals surface area contributed by atoms with E-state index in [0.29, 0.717) is 24.1 Å². The van der Waals surface area contributed by atoms with Gasteiger partial charge in [-0.1, -0.05) is 66.8 Å². The molecule has 3 heterocycles. The number of carbonyl (C=O) groups is 1. The van der Waals surface area contributed by atoms with Gasteiger partial charge in [-0.3, -0.25) is 14.7 Å². The first-order valence-electron chi connectivity index (χ1n) is 13.1. The number of aromatic nitrogens is 2. The zero-order valence-electron chi connectivity index (χ0n) is 21.5. The molecule has 0 fully saturated rings. The van der Waals surface area contributed by atoms with Crippen molar-refractivity contribution in [1.82, 2.24) is 9.97 Å². The molecule has 39 heavy (non-hydrogen) atoms. The number of halogens is 1. The van der Waals surface area contributed by atoms with Gasteiger partial charge in [-0.25, -0.2) is 0 Å². The summed E-state index contributed by atoms with van der Waals surface area (Å²) in [4.78, 5) is 29.6. The number of hydrogen-bond acceptors (Lipinski definition) is 6. The Kier molecular flexibility index (Phi) is 6.99. The zero-order valence-corrected chi connectivity index (χ0v) is 22.3. The van der Waals surface area contributed by atoms with Crippen molar-refractivity contribution in [2.75, 3.05) is 10.2 Å². The predicted octanol–water partition coefficient (Wildman–Crippen LogP) is 6.16. The van der Waals surface area contributed by atoms with E-state index >= 15 is 0 Å². The van der Waals surface area contributed by atoms with Crippen LogP contribution < -0.4 is 15.0 Å². The molecule has 3 aliphatic rings. The number of amides is 1. The molecule has 2 aromatic carbocycles. The Morgan fingerprint density at radius 2 is 1.87 bits per heavy atom. The number of para-hydroxylation sites is 1. The normalized spacial score (nSPS) is 20.5. The van der Waals surface area contributed by atoms with Crippen molar-refractivity contribution in [1.29, 1.82) is 0 Å². The first-order chi connectivity index (χ1) is 19.1. The fraction of sp³-hybridized carbons (Fsp3) is 0.226. The fourth-order valence-corrected chi connectivity index (χ4v) is 5.41. The van der Waals surface area contributed by atoms with Crippen LogP contribution in [0.1, 0.15) is 24.6 Å². The van der Waals surface area contributed by atoms with Crippen LogP contribution in [0.25, 0.3) is 0 Å². The first-order valence-corrected chi connectivity index (χ1v) is 13.5. The van der Waals surface area contributed by atoms with Gasteiger partial charge in [-0.15, -0.1) is 11.6 Å². The number of nitrogens with one attached hydrogen (secondary N) is 1. The summed E-state index contributed by atoms with van der Waals surface area (Å²) in [5.41, 5.74) is 5.05. The van der Waals surface area contributed by atoms with Gasteiger partial charge >= 0.3 is 6.01 Å². The summed E-state index contributed by atoms with van der Waals surface area (Å²) in [6.45, 7) is 2.38. The number of anilines is 2. The second-order valence-corrected chi connectivity index (χ2v) is 10.2. The standard InChI is InChI=1S/C31H28ClN5O2/c1-20(26-18-22-12-8-15-24(32)27(22)30(38)37(26)23-13-6-3-7-14-23)34-29-28-25(16-9-17-33-28)35-31(36-29)39-19-21-10-4-2-5-11-21/h2-8,10-15,17-18,20,24,27H,9,16,19H2,1H3,(H,34,35,36)/t20-,24?,27?/m0/s1. The molecule has 0 saturated carbocycles. The van der Waals surface area contributed by atoms with E-state index in [1.54, 1.807) is 4.90 Å². The van der Waals surface area contributed by atoms with Gasteiger partial charge in [0.25, 0.3) is 0 Å². The first kappa shape index (κ1) is 25.1. The molecule has 8 heteroatoms. The highest BCUT2D eigenvalue weighted by molar-refractivity contribution is 6.25. The van der Waals surface area contributed by atoms with Gasteiger partial charge < -0.3 is 10.1 Å². The second kappa shape index (κ2) is 10.9. The highest BCUT2D eigenvalue weighted by Crippen LogP contribution is 2.39. The maximum absolute atomic E-state index is 13.9. The highest BCUT2D eigenvalue weighted by Gasteiger charge is 2.40. The molecule has 7 nitrogen and oxygen atoms in total. The smallest absolute Gasteiger partial charge is 0.319 e. The molecule has 3 aromatic rings. The number of allylic oxidation sites excluding steroid dienone is 4. The minimum Gasteiger partial charge on any atom is -0.459 e. The van der Waals surface area contributed by atoms with Crippen LogP contribution >= 0.6 is 11.6 Å². The second-order valence-electron chi connectivity index (χ2n) is 9.69. The number of fused-ring (bicyclic) bond motifs is 2. The van der Waals surface area contributed by atoms with Crippen LogP contribution in [0.2, 0.25) is 0 Å². The molecule has 2 aliphatic heterocycles. The Morgan fingerprint density at radius 1 is 1.10 bits per heavy atom. The van der Waals surface area contributed by atoms with Gasteiger partial charge in [0.05, 0.1) is 23.0 Å². The molecule has 0 saturated heterocycles. The number of alkyl halides is 1. The summed E-state index contributed by atoms with van der Waals surface area (Å²) in [5.74, 6) is 0.0718. The molecule has 1 aromatic heterocycles. The van der Waals surface area contributed by atoms with Crippen molar-refractivity contribution in [3.63, 3.8) is 0 Å². The fourth-order valence-electron chi connectivity index (χ4n) is 5.07. The van der Waals surface area contributed by atoms with E-state index in [1.165, 1.54) is 0 Å². The van der Waals surface area contributed by atoms with Crippen LogP contribution in [0.5, 0.6) is 6.01 Å². The highest BCUT2D eigenvalue weighted by atomic mass is 35.5. The summed E-state index contributed by atoms with van der Waals surface area (Å²) in [7, 11) is 0. The molecule has 1 amide bonds. The lowest BCUT2D eigenvalue weighted by Crippen LogP contribution is -2.47. The summed E-state index contributed by atoms with van der Waals surface area (Å²) in [6.07, 6.45) is 11.2. The van der Waals surface area contributed by atoms with E-state index in [-0.39, 0.29) is 11.9 Å². The zero-order chi connectivity index (χ0) is 26.8. The number of ether oxygens (including phenoxy) is 1. The molecular weight excluding hydrogens is 510 g/mol. The third-order valence-electron chi connectivity index (χ3n) is 7.01. The van der Waals surface area contributed by atoms with Gasteiger partial charge in [0, 0.05) is 17.6 Å². The van der Waals surface area contributed by atoms with E-state index in [2.05, 4.69) is 21.4 Å². The van der Waals surface area contributed by atoms with E-state index in [9.17, 15) is 4.79 Å². The maximum Gasteiger partial charge on any atom is 0.319 e. The molecule has 2 unspecified atom stereocenters. The maximum atomic E-state index is 13.9. The largest absolute Gasteiger partial charge is 0.459 e. The third kappa shape index (κ3) is 5.10. The van der Waals surface area contributed by atoms with Crippen molar-refractivity contribution in [2.24, 2.45) is 10.9 Å². The summed E-state index contributed by atoms with van der Waals surface area (Å²) in [5, 5.41) is 3.11. The van der Waals surface area contributed by atoms with Crippen LogP contribution in [0.3, 0.4) is 0 Å². The monoisotopic (exact) mass is 537 g/mol. The van der Waals surface area contributed by atoms with Gasteiger partial charge in [-0.05, 0) is 49.1 Å². The number of hydrogen-bond donors (Lipinski definition) is 1. The Bertz CT molecular complexity index is 1500. The third-order valence-corrected chi connectivity index (χ3v) is 7.41. The van der Waals surface area contributed by atoms with E-state index < -0.39 is 11.3 Å².